The Balaban J connectivity index is 1.48. The topological polar surface area (TPSA) is 38.1 Å². The maximum Gasteiger partial charge on any atom is 0.225 e. The van der Waals surface area contributed by atoms with E-state index in [4.69, 9.17) is 0 Å². The van der Waals surface area contributed by atoms with E-state index in [1.54, 1.807) is 0 Å². The van der Waals surface area contributed by atoms with Crippen LogP contribution in [-0.2, 0) is 11.3 Å². The molecule has 2 aliphatic rings. The zero-order chi connectivity index (χ0) is 18.1. The minimum absolute atomic E-state index is 0.215. The van der Waals surface area contributed by atoms with Crippen LogP contribution in [0.5, 0.6) is 0 Å². The fourth-order valence-electron chi connectivity index (χ4n) is 4.39. The number of hydrogen-bond acceptors (Lipinski definition) is 2. The molecule has 5 heteroatoms. The molecule has 0 bridgehead atoms. The summed E-state index contributed by atoms with van der Waals surface area (Å²) in [5.41, 5.74) is 2.16. The number of carbonyl (C=O) groups is 1. The Morgan fingerprint density at radius 2 is 1.92 bits per heavy atom. The van der Waals surface area contributed by atoms with Gasteiger partial charge in [-0.1, -0.05) is 25.0 Å². The highest BCUT2D eigenvalue weighted by molar-refractivity contribution is 5.79. The van der Waals surface area contributed by atoms with Gasteiger partial charge in [-0.15, -0.1) is 0 Å². The van der Waals surface area contributed by atoms with Crippen LogP contribution in [0, 0.1) is 18.7 Å². The van der Waals surface area contributed by atoms with E-state index in [1.165, 1.54) is 25.0 Å². The van der Waals surface area contributed by atoms with Crippen molar-refractivity contribution >= 4 is 5.91 Å². The van der Waals surface area contributed by atoms with E-state index in [0.29, 0.717) is 12.5 Å². The number of nitrogens with zero attached hydrogens (tertiary/aromatic N) is 3. The summed E-state index contributed by atoms with van der Waals surface area (Å²) >= 11 is 0. The summed E-state index contributed by atoms with van der Waals surface area (Å²) in [5.74, 6) is 1.71. The van der Waals surface area contributed by atoms with Gasteiger partial charge in [0.15, 0.2) is 0 Å². The lowest BCUT2D eigenvalue weighted by molar-refractivity contribution is -0.134. The highest BCUT2D eigenvalue weighted by Crippen LogP contribution is 2.32. The van der Waals surface area contributed by atoms with Crippen LogP contribution in [0.15, 0.2) is 30.5 Å². The first-order chi connectivity index (χ1) is 12.6. The fraction of sp³-hybridized carbons (Fsp3) is 0.524. The first-order valence-corrected chi connectivity index (χ1v) is 9.67. The molecule has 4 nitrogen and oxygen atoms in total. The second kappa shape index (κ2) is 7.22. The van der Waals surface area contributed by atoms with E-state index in [2.05, 4.69) is 16.5 Å². The predicted octanol–water partition coefficient (Wildman–Crippen LogP) is 3.89. The summed E-state index contributed by atoms with van der Waals surface area (Å²) in [6.07, 6.45) is 7.36. The van der Waals surface area contributed by atoms with Gasteiger partial charge in [0, 0.05) is 43.4 Å². The van der Waals surface area contributed by atoms with Crippen molar-refractivity contribution in [1.29, 1.82) is 0 Å². The van der Waals surface area contributed by atoms with Crippen LogP contribution in [0.25, 0.3) is 0 Å². The summed E-state index contributed by atoms with van der Waals surface area (Å²) in [6.45, 7) is 4.35. The largest absolute Gasteiger partial charge is 0.342 e. The number of aromatic nitrogens is 2. The van der Waals surface area contributed by atoms with Crippen molar-refractivity contribution in [2.75, 3.05) is 13.1 Å². The molecule has 0 N–H and O–H groups in total. The molecule has 1 saturated carbocycles. The predicted molar refractivity (Wildman–Crippen MR) is 98.4 cm³/mol. The van der Waals surface area contributed by atoms with Crippen LogP contribution in [0.4, 0.5) is 4.39 Å². The van der Waals surface area contributed by atoms with Crippen LogP contribution in [0.1, 0.15) is 55.1 Å². The standard InChI is InChI=1S/C21H26FN3O/c1-15-12-23-20(25(15)13-16-6-8-19(22)9-7-16)18-10-11-24(14-18)21(26)17-4-2-3-5-17/h6-9,12,17-18H,2-5,10-11,13-14H2,1H3. The Morgan fingerprint density at radius 3 is 2.65 bits per heavy atom. The fourth-order valence-corrected chi connectivity index (χ4v) is 4.39. The molecule has 138 valence electrons. The molecule has 2 heterocycles. The Bertz CT molecular complexity index is 777. The van der Waals surface area contributed by atoms with Crippen molar-refractivity contribution in [2.45, 2.75) is 51.5 Å². The van der Waals surface area contributed by atoms with E-state index in [-0.39, 0.29) is 17.7 Å². The minimum atomic E-state index is -0.215. The van der Waals surface area contributed by atoms with Crippen molar-refractivity contribution < 1.29 is 9.18 Å². The number of amides is 1. The number of aryl methyl sites for hydroxylation is 1. The number of hydrogen-bond donors (Lipinski definition) is 0. The molecule has 2 aromatic rings. The quantitative estimate of drug-likeness (QED) is 0.835. The third kappa shape index (κ3) is 3.39. The van der Waals surface area contributed by atoms with Gasteiger partial charge in [0.25, 0.3) is 0 Å². The van der Waals surface area contributed by atoms with Gasteiger partial charge in [-0.25, -0.2) is 9.37 Å². The van der Waals surface area contributed by atoms with E-state index in [0.717, 1.165) is 49.4 Å². The van der Waals surface area contributed by atoms with Crippen LogP contribution in [0.3, 0.4) is 0 Å². The molecule has 1 saturated heterocycles. The van der Waals surface area contributed by atoms with Gasteiger partial charge in [-0.3, -0.25) is 4.79 Å². The van der Waals surface area contributed by atoms with Gasteiger partial charge in [0.05, 0.1) is 0 Å². The maximum atomic E-state index is 13.2. The van der Waals surface area contributed by atoms with E-state index >= 15 is 0 Å². The summed E-state index contributed by atoms with van der Waals surface area (Å²) in [7, 11) is 0. The molecule has 1 aliphatic heterocycles. The molecule has 26 heavy (non-hydrogen) atoms. The monoisotopic (exact) mass is 355 g/mol. The van der Waals surface area contributed by atoms with Gasteiger partial charge in [0.1, 0.15) is 11.6 Å². The van der Waals surface area contributed by atoms with Gasteiger partial charge in [-0.05, 0) is 43.9 Å². The first kappa shape index (κ1) is 17.3. The number of benzene rings is 1. The van der Waals surface area contributed by atoms with Crippen LogP contribution in [0.2, 0.25) is 0 Å². The average Bonchev–Trinajstić information content (AvgIpc) is 3.38. The molecular weight excluding hydrogens is 329 g/mol. The number of rotatable bonds is 4. The molecule has 2 fully saturated rings. The molecule has 0 radical (unpaired) electrons. The molecule has 4 rings (SSSR count). The van der Waals surface area contributed by atoms with E-state index in [9.17, 15) is 9.18 Å². The summed E-state index contributed by atoms with van der Waals surface area (Å²) < 4.78 is 15.4. The third-order valence-electron chi connectivity index (χ3n) is 5.91. The second-order valence-electron chi connectivity index (χ2n) is 7.72. The van der Waals surface area contributed by atoms with Crippen LogP contribution < -0.4 is 0 Å². The number of imidazole rings is 1. The average molecular weight is 355 g/mol. The van der Waals surface area contributed by atoms with Gasteiger partial charge in [0.2, 0.25) is 5.91 Å². The van der Waals surface area contributed by atoms with Crippen molar-refractivity contribution in [3.05, 3.63) is 53.4 Å². The van der Waals surface area contributed by atoms with Crippen molar-refractivity contribution in [3.63, 3.8) is 0 Å². The lowest BCUT2D eigenvalue weighted by atomic mass is 10.1. The van der Waals surface area contributed by atoms with Crippen LogP contribution >= 0.6 is 0 Å². The Labute approximate surface area is 154 Å². The summed E-state index contributed by atoms with van der Waals surface area (Å²) in [6, 6.07) is 6.64. The Kier molecular flexibility index (Phi) is 4.79. The molecular formula is C21H26FN3O. The van der Waals surface area contributed by atoms with Gasteiger partial charge in [-0.2, -0.15) is 0 Å². The highest BCUT2D eigenvalue weighted by Gasteiger charge is 2.34. The van der Waals surface area contributed by atoms with E-state index in [1.807, 2.05) is 23.2 Å². The molecule has 1 amide bonds. The van der Waals surface area contributed by atoms with Crippen LogP contribution in [-0.4, -0.2) is 33.4 Å². The molecule has 0 spiro atoms. The normalized spacial score (nSPS) is 20.8. The van der Waals surface area contributed by atoms with Crippen molar-refractivity contribution in [3.8, 4) is 0 Å². The third-order valence-corrected chi connectivity index (χ3v) is 5.91. The summed E-state index contributed by atoms with van der Waals surface area (Å²) in [5, 5.41) is 0. The lowest BCUT2D eigenvalue weighted by Gasteiger charge is -2.21. The van der Waals surface area contributed by atoms with Crippen molar-refractivity contribution in [2.24, 2.45) is 5.92 Å². The van der Waals surface area contributed by atoms with Gasteiger partial charge < -0.3 is 9.47 Å². The SMILES string of the molecule is Cc1cnc(C2CCN(C(=O)C3CCCC3)C2)n1Cc1ccc(F)cc1. The number of carbonyl (C=O) groups excluding carboxylic acids is 1. The molecule has 1 aromatic heterocycles. The van der Waals surface area contributed by atoms with Crippen molar-refractivity contribution in [1.82, 2.24) is 14.5 Å². The van der Waals surface area contributed by atoms with Gasteiger partial charge >= 0.3 is 0 Å². The molecule has 1 aliphatic carbocycles. The Morgan fingerprint density at radius 1 is 1.19 bits per heavy atom. The zero-order valence-corrected chi connectivity index (χ0v) is 15.3. The smallest absolute Gasteiger partial charge is 0.225 e. The molecule has 1 aromatic carbocycles. The first-order valence-electron chi connectivity index (χ1n) is 9.67. The molecule has 1 atom stereocenters. The lowest BCUT2D eigenvalue weighted by Crippen LogP contribution is -2.33. The number of halogens is 1. The minimum Gasteiger partial charge on any atom is -0.342 e. The Hall–Kier alpha value is -2.17. The second-order valence-corrected chi connectivity index (χ2v) is 7.72. The highest BCUT2D eigenvalue weighted by atomic mass is 19.1. The summed E-state index contributed by atoms with van der Waals surface area (Å²) in [4.78, 5) is 19.4. The maximum absolute atomic E-state index is 13.2. The zero-order valence-electron chi connectivity index (χ0n) is 15.3. The van der Waals surface area contributed by atoms with E-state index < -0.39 is 0 Å². The molecule has 1 unspecified atom stereocenters. The number of likely N-dealkylation sites (tertiary alicyclic amines) is 1.